The highest BCUT2D eigenvalue weighted by Gasteiger charge is 2.11. The molecule has 0 spiro atoms. The lowest BCUT2D eigenvalue weighted by molar-refractivity contribution is -0.143. The topological polar surface area (TPSA) is 73.9 Å². The van der Waals surface area contributed by atoms with Crippen LogP contribution in [0.1, 0.15) is 17.5 Å². The summed E-state index contributed by atoms with van der Waals surface area (Å²) in [6.07, 6.45) is 4.61. The van der Waals surface area contributed by atoms with Crippen molar-refractivity contribution in [3.05, 3.63) is 65.7 Å². The van der Waals surface area contributed by atoms with Crippen molar-refractivity contribution in [3.8, 4) is 11.5 Å². The lowest BCUT2D eigenvalue weighted by Gasteiger charge is -2.18. The van der Waals surface area contributed by atoms with E-state index >= 15 is 0 Å². The Morgan fingerprint density at radius 1 is 1.04 bits per heavy atom. The van der Waals surface area contributed by atoms with Gasteiger partial charge in [0.25, 0.3) is 5.91 Å². The number of carbonyl (C=O) groups excluding carboxylic acids is 2. The van der Waals surface area contributed by atoms with Gasteiger partial charge in [-0.3, -0.25) is 4.79 Å². The summed E-state index contributed by atoms with van der Waals surface area (Å²) in [6.45, 7) is 1.28. The highest BCUT2D eigenvalue weighted by atomic mass is 16.6. The van der Waals surface area contributed by atoms with Gasteiger partial charge in [0.2, 0.25) is 0 Å². The Bertz CT molecular complexity index is 832. The monoisotopic (exact) mass is 381 g/mol. The van der Waals surface area contributed by atoms with E-state index in [-0.39, 0.29) is 12.5 Å². The summed E-state index contributed by atoms with van der Waals surface area (Å²) >= 11 is 0. The zero-order chi connectivity index (χ0) is 19.6. The molecule has 1 amide bonds. The van der Waals surface area contributed by atoms with E-state index in [1.54, 1.807) is 18.2 Å². The number of esters is 1. The van der Waals surface area contributed by atoms with Crippen LogP contribution in [0.2, 0.25) is 0 Å². The van der Waals surface area contributed by atoms with E-state index in [9.17, 15) is 9.59 Å². The van der Waals surface area contributed by atoms with E-state index in [1.807, 2.05) is 24.3 Å². The molecule has 2 aromatic carbocycles. The van der Waals surface area contributed by atoms with Crippen molar-refractivity contribution >= 4 is 18.0 Å². The number of carbonyl (C=O) groups is 2. The van der Waals surface area contributed by atoms with Crippen LogP contribution in [0, 0.1) is 0 Å². The van der Waals surface area contributed by atoms with Crippen LogP contribution < -0.4 is 14.8 Å². The second kappa shape index (κ2) is 10.2. The molecule has 0 atom stereocenters. The van der Waals surface area contributed by atoms with Gasteiger partial charge < -0.3 is 19.5 Å². The van der Waals surface area contributed by atoms with Crippen LogP contribution >= 0.6 is 0 Å². The highest BCUT2D eigenvalue weighted by Crippen LogP contribution is 2.31. The number of hydrogen-bond acceptors (Lipinski definition) is 5. The van der Waals surface area contributed by atoms with Gasteiger partial charge in [-0.2, -0.15) is 0 Å². The third kappa shape index (κ3) is 6.16. The lowest BCUT2D eigenvalue weighted by Crippen LogP contribution is -2.29. The Morgan fingerprint density at radius 2 is 1.82 bits per heavy atom. The Hall–Kier alpha value is -3.28. The Labute approximate surface area is 164 Å². The van der Waals surface area contributed by atoms with E-state index in [2.05, 4.69) is 17.4 Å². The fraction of sp³-hybridized carbons (Fsp3) is 0.273. The molecule has 6 heteroatoms. The summed E-state index contributed by atoms with van der Waals surface area (Å²) in [5.74, 6) is 0.454. The van der Waals surface area contributed by atoms with E-state index in [1.165, 1.54) is 11.6 Å². The second-order valence-corrected chi connectivity index (χ2v) is 6.28. The zero-order valence-electron chi connectivity index (χ0n) is 15.6. The maximum Gasteiger partial charge on any atom is 0.331 e. The molecule has 0 radical (unpaired) electrons. The minimum Gasteiger partial charge on any atom is -0.486 e. The van der Waals surface area contributed by atoms with Crippen molar-refractivity contribution in [3.63, 3.8) is 0 Å². The number of benzene rings is 2. The smallest absolute Gasteiger partial charge is 0.331 e. The normalized spacial score (nSPS) is 12.6. The van der Waals surface area contributed by atoms with Crippen LogP contribution in [0.25, 0.3) is 6.08 Å². The summed E-state index contributed by atoms with van der Waals surface area (Å²) in [7, 11) is 0. The second-order valence-electron chi connectivity index (χ2n) is 6.28. The predicted octanol–water partition coefficient (Wildman–Crippen LogP) is 2.76. The quantitative estimate of drug-likeness (QED) is 0.432. The minimum atomic E-state index is -0.575. The molecule has 28 heavy (non-hydrogen) atoms. The highest BCUT2D eigenvalue weighted by molar-refractivity contribution is 5.89. The van der Waals surface area contributed by atoms with Crippen LogP contribution in [0.5, 0.6) is 11.5 Å². The molecule has 0 bridgehead atoms. The van der Waals surface area contributed by atoms with Gasteiger partial charge in [0.15, 0.2) is 18.1 Å². The Morgan fingerprint density at radius 3 is 2.64 bits per heavy atom. The molecule has 6 nitrogen and oxygen atoms in total. The first-order valence-electron chi connectivity index (χ1n) is 9.26. The van der Waals surface area contributed by atoms with Crippen molar-refractivity contribution in [1.82, 2.24) is 5.32 Å². The molecule has 0 unspecified atom stereocenters. The van der Waals surface area contributed by atoms with Gasteiger partial charge in [-0.05, 0) is 42.2 Å². The minimum absolute atomic E-state index is 0.296. The number of ether oxygens (including phenoxy) is 3. The van der Waals surface area contributed by atoms with Crippen LogP contribution in [0.15, 0.2) is 54.6 Å². The first kappa shape index (κ1) is 19.5. The molecule has 146 valence electrons. The van der Waals surface area contributed by atoms with Crippen LogP contribution in [0.3, 0.4) is 0 Å². The fourth-order valence-corrected chi connectivity index (χ4v) is 2.73. The third-order valence-electron chi connectivity index (χ3n) is 4.13. The summed E-state index contributed by atoms with van der Waals surface area (Å²) in [4.78, 5) is 23.5. The van der Waals surface area contributed by atoms with Gasteiger partial charge in [-0.1, -0.05) is 36.4 Å². The summed E-state index contributed by atoms with van der Waals surface area (Å²) in [5.41, 5.74) is 2.01. The zero-order valence-corrected chi connectivity index (χ0v) is 15.6. The maximum absolute atomic E-state index is 11.8. The van der Waals surface area contributed by atoms with Crippen LogP contribution in [0.4, 0.5) is 0 Å². The number of rotatable bonds is 8. The average molecular weight is 381 g/mol. The van der Waals surface area contributed by atoms with Crippen molar-refractivity contribution in [1.29, 1.82) is 0 Å². The summed E-state index contributed by atoms with van der Waals surface area (Å²) < 4.78 is 15.9. The predicted molar refractivity (Wildman–Crippen MR) is 105 cm³/mol. The molecular formula is C22H23NO5. The Balaban J connectivity index is 1.34. The molecule has 0 fully saturated rings. The molecule has 3 rings (SSSR count). The molecule has 0 saturated heterocycles. The number of hydrogen-bond donors (Lipinski definition) is 1. The van der Waals surface area contributed by atoms with E-state index in [0.717, 1.165) is 18.4 Å². The molecule has 1 heterocycles. The molecular weight excluding hydrogens is 358 g/mol. The molecule has 2 aromatic rings. The van der Waals surface area contributed by atoms with Crippen LogP contribution in [-0.4, -0.2) is 38.2 Å². The Kier molecular flexibility index (Phi) is 7.07. The van der Waals surface area contributed by atoms with Crippen molar-refractivity contribution in [2.75, 3.05) is 26.4 Å². The van der Waals surface area contributed by atoms with Gasteiger partial charge in [-0.15, -0.1) is 0 Å². The standard InChI is InChI=1S/C22H23NO5/c24-21(23-12-4-7-17-5-2-1-3-6-17)16-28-22(25)11-9-18-8-10-19-20(15-18)27-14-13-26-19/h1-3,5-6,8-11,15H,4,7,12-14,16H2,(H,23,24)/b11-9+. The van der Waals surface area contributed by atoms with Gasteiger partial charge in [-0.25, -0.2) is 4.79 Å². The fourth-order valence-electron chi connectivity index (χ4n) is 2.73. The lowest BCUT2D eigenvalue weighted by atomic mass is 10.1. The summed E-state index contributed by atoms with van der Waals surface area (Å²) in [5, 5.41) is 2.75. The molecule has 0 saturated carbocycles. The van der Waals surface area contributed by atoms with Gasteiger partial charge >= 0.3 is 5.97 Å². The van der Waals surface area contributed by atoms with Gasteiger partial charge in [0.05, 0.1) is 0 Å². The van der Waals surface area contributed by atoms with Gasteiger partial charge in [0, 0.05) is 12.6 Å². The largest absolute Gasteiger partial charge is 0.486 e. The van der Waals surface area contributed by atoms with E-state index in [4.69, 9.17) is 14.2 Å². The third-order valence-corrected chi connectivity index (χ3v) is 4.13. The average Bonchev–Trinajstić information content (AvgIpc) is 2.74. The molecule has 0 aliphatic carbocycles. The number of fused-ring (bicyclic) bond motifs is 1. The molecule has 1 aliphatic rings. The number of aryl methyl sites for hydroxylation is 1. The maximum atomic E-state index is 11.8. The number of amides is 1. The van der Waals surface area contributed by atoms with Gasteiger partial charge in [0.1, 0.15) is 13.2 Å². The van der Waals surface area contributed by atoms with Crippen molar-refractivity contribution in [2.24, 2.45) is 0 Å². The first-order valence-corrected chi connectivity index (χ1v) is 9.26. The van der Waals surface area contributed by atoms with Crippen LogP contribution in [-0.2, 0) is 20.7 Å². The molecule has 0 aromatic heterocycles. The van der Waals surface area contributed by atoms with E-state index < -0.39 is 5.97 Å². The van der Waals surface area contributed by atoms with E-state index in [0.29, 0.717) is 31.3 Å². The van der Waals surface area contributed by atoms with Crippen molar-refractivity contribution < 1.29 is 23.8 Å². The molecule has 1 N–H and O–H groups in total. The number of nitrogens with one attached hydrogen (secondary N) is 1. The summed E-state index contributed by atoms with van der Waals surface area (Å²) in [6, 6.07) is 15.5. The molecule has 1 aliphatic heterocycles. The van der Waals surface area contributed by atoms with Crippen molar-refractivity contribution in [2.45, 2.75) is 12.8 Å². The first-order chi connectivity index (χ1) is 13.7. The SMILES string of the molecule is O=C(COC(=O)/C=C/c1ccc2c(c1)OCCO2)NCCCc1ccccc1.